The van der Waals surface area contributed by atoms with Gasteiger partial charge in [0.05, 0.1) is 5.69 Å². The van der Waals surface area contributed by atoms with Crippen molar-refractivity contribution >= 4 is 22.2 Å². The summed E-state index contributed by atoms with van der Waals surface area (Å²) in [5.41, 5.74) is 10.6. The van der Waals surface area contributed by atoms with Crippen molar-refractivity contribution in [1.82, 2.24) is 4.98 Å². The minimum absolute atomic E-state index is 0.849. The van der Waals surface area contributed by atoms with Gasteiger partial charge in [-0.25, -0.2) is 4.98 Å². The molecule has 1 aromatic heterocycles. The molecule has 3 rings (SSSR count). The highest BCUT2D eigenvalue weighted by atomic mass is 32.1. The third-order valence-electron chi connectivity index (χ3n) is 3.53. The Morgan fingerprint density at radius 2 is 2.11 bits per heavy atom. The van der Waals surface area contributed by atoms with Crippen molar-refractivity contribution in [3.8, 4) is 0 Å². The monoisotopic (exact) mass is 259 g/mol. The zero-order valence-corrected chi connectivity index (χ0v) is 11.5. The van der Waals surface area contributed by atoms with Crippen molar-refractivity contribution in [2.45, 2.75) is 26.8 Å². The Morgan fingerprint density at radius 1 is 1.28 bits per heavy atom. The summed E-state index contributed by atoms with van der Waals surface area (Å²) < 4.78 is 0. The summed E-state index contributed by atoms with van der Waals surface area (Å²) in [4.78, 5) is 8.30. The molecule has 0 atom stereocenters. The lowest BCUT2D eigenvalue weighted by Gasteiger charge is -2.28. The van der Waals surface area contributed by atoms with E-state index < -0.39 is 0 Å². The van der Waals surface area contributed by atoms with Gasteiger partial charge in [-0.05, 0) is 43.5 Å². The van der Waals surface area contributed by atoms with E-state index in [1.165, 1.54) is 16.0 Å². The Labute approximate surface area is 111 Å². The van der Waals surface area contributed by atoms with E-state index in [-0.39, 0.29) is 0 Å². The minimum Gasteiger partial charge on any atom is -0.399 e. The maximum absolute atomic E-state index is 5.86. The molecule has 2 N–H and O–H groups in total. The molecule has 2 heterocycles. The quantitative estimate of drug-likeness (QED) is 0.801. The molecule has 94 valence electrons. The van der Waals surface area contributed by atoms with Crippen LogP contribution < -0.4 is 10.6 Å². The van der Waals surface area contributed by atoms with E-state index in [2.05, 4.69) is 35.9 Å². The number of thiazole rings is 1. The minimum atomic E-state index is 0.849. The zero-order valence-electron chi connectivity index (χ0n) is 10.7. The predicted octanol–water partition coefficient (Wildman–Crippen LogP) is 2.90. The lowest BCUT2D eigenvalue weighted by atomic mass is 9.99. The highest BCUT2D eigenvalue weighted by molar-refractivity contribution is 7.15. The smallest absolute Gasteiger partial charge is 0.186 e. The van der Waals surface area contributed by atoms with Crippen molar-refractivity contribution < 1.29 is 0 Å². The molecule has 0 bridgehead atoms. The van der Waals surface area contributed by atoms with Gasteiger partial charge >= 0.3 is 0 Å². The van der Waals surface area contributed by atoms with Gasteiger partial charge in [0, 0.05) is 23.7 Å². The second kappa shape index (κ2) is 4.28. The molecule has 1 aromatic carbocycles. The average Bonchev–Trinajstić information content (AvgIpc) is 2.69. The Bertz CT molecular complexity index is 569. The van der Waals surface area contributed by atoms with Crippen LogP contribution in [0.25, 0.3) is 0 Å². The van der Waals surface area contributed by atoms with Gasteiger partial charge in [0.2, 0.25) is 0 Å². The van der Waals surface area contributed by atoms with Crippen molar-refractivity contribution in [2.75, 3.05) is 17.2 Å². The molecule has 0 aliphatic carbocycles. The van der Waals surface area contributed by atoms with Crippen molar-refractivity contribution in [3.63, 3.8) is 0 Å². The van der Waals surface area contributed by atoms with Gasteiger partial charge in [-0.2, -0.15) is 0 Å². The Balaban J connectivity index is 1.90. The van der Waals surface area contributed by atoms with Crippen LogP contribution in [0.2, 0.25) is 0 Å². The van der Waals surface area contributed by atoms with Crippen LogP contribution in [0.3, 0.4) is 0 Å². The maximum Gasteiger partial charge on any atom is 0.186 e. The van der Waals surface area contributed by atoms with E-state index in [1.54, 1.807) is 11.3 Å². The van der Waals surface area contributed by atoms with Gasteiger partial charge in [-0.15, -0.1) is 11.3 Å². The van der Waals surface area contributed by atoms with Crippen LogP contribution in [0.15, 0.2) is 18.2 Å². The predicted molar refractivity (Wildman–Crippen MR) is 77.2 cm³/mol. The topological polar surface area (TPSA) is 42.2 Å². The summed E-state index contributed by atoms with van der Waals surface area (Å²) in [6, 6.07) is 6.24. The molecule has 3 nitrogen and oxygen atoms in total. The molecule has 0 spiro atoms. The van der Waals surface area contributed by atoms with Crippen LogP contribution in [0.1, 0.15) is 21.7 Å². The van der Waals surface area contributed by atoms with Crippen LogP contribution >= 0.6 is 11.3 Å². The fourth-order valence-electron chi connectivity index (χ4n) is 2.33. The molecular weight excluding hydrogens is 242 g/mol. The summed E-state index contributed by atoms with van der Waals surface area (Å²) in [6.07, 6.45) is 1.08. The molecule has 4 heteroatoms. The van der Waals surface area contributed by atoms with Crippen molar-refractivity contribution in [3.05, 3.63) is 39.9 Å². The number of nitrogens with zero attached hydrogens (tertiary/aromatic N) is 2. The van der Waals surface area contributed by atoms with E-state index in [0.29, 0.717) is 0 Å². The van der Waals surface area contributed by atoms with Crippen molar-refractivity contribution in [1.29, 1.82) is 0 Å². The number of rotatable bonds is 1. The highest BCUT2D eigenvalue weighted by Crippen LogP contribution is 2.30. The first-order valence-electron chi connectivity index (χ1n) is 6.20. The van der Waals surface area contributed by atoms with Crippen LogP contribution in [0, 0.1) is 13.8 Å². The van der Waals surface area contributed by atoms with E-state index in [4.69, 9.17) is 5.73 Å². The van der Waals surface area contributed by atoms with E-state index in [9.17, 15) is 0 Å². The summed E-state index contributed by atoms with van der Waals surface area (Å²) in [6.45, 7) is 6.17. The summed E-state index contributed by atoms with van der Waals surface area (Å²) >= 11 is 1.78. The molecule has 0 radical (unpaired) electrons. The number of nitrogens with two attached hydrogens (primary N) is 1. The van der Waals surface area contributed by atoms with Gasteiger partial charge in [-0.3, -0.25) is 0 Å². The van der Waals surface area contributed by atoms with Gasteiger partial charge in [0.25, 0.3) is 0 Å². The first-order chi connectivity index (χ1) is 8.63. The van der Waals surface area contributed by atoms with Crippen LogP contribution in [0.4, 0.5) is 10.8 Å². The molecule has 0 fully saturated rings. The lowest BCUT2D eigenvalue weighted by molar-refractivity contribution is 0.728. The first-order valence-corrected chi connectivity index (χ1v) is 7.01. The molecule has 1 aliphatic rings. The normalized spacial score (nSPS) is 14.7. The molecular formula is C14H17N3S. The Hall–Kier alpha value is -1.55. The van der Waals surface area contributed by atoms with E-state index in [0.717, 1.165) is 36.0 Å². The highest BCUT2D eigenvalue weighted by Gasteiger charge is 2.19. The summed E-state index contributed by atoms with van der Waals surface area (Å²) in [7, 11) is 0. The SMILES string of the molecule is Cc1nc(N2CCc3ccc(N)cc3C2)sc1C. The van der Waals surface area contributed by atoms with Gasteiger partial charge in [0.15, 0.2) is 5.13 Å². The summed E-state index contributed by atoms with van der Waals surface area (Å²) in [5, 5.41) is 1.14. The second-order valence-corrected chi connectivity index (χ2v) is 6.02. The van der Waals surface area contributed by atoms with Gasteiger partial charge in [0.1, 0.15) is 0 Å². The van der Waals surface area contributed by atoms with Gasteiger partial charge < -0.3 is 10.6 Å². The van der Waals surface area contributed by atoms with Crippen LogP contribution in [-0.2, 0) is 13.0 Å². The van der Waals surface area contributed by atoms with Crippen LogP contribution in [-0.4, -0.2) is 11.5 Å². The largest absolute Gasteiger partial charge is 0.399 e. The molecule has 0 unspecified atom stereocenters. The Kier molecular flexibility index (Phi) is 2.74. The third-order valence-corrected chi connectivity index (χ3v) is 4.66. The first kappa shape index (κ1) is 11.5. The zero-order chi connectivity index (χ0) is 12.7. The molecule has 1 aliphatic heterocycles. The number of fused-ring (bicyclic) bond motifs is 1. The summed E-state index contributed by atoms with van der Waals surface area (Å²) in [5.74, 6) is 0. The fraction of sp³-hybridized carbons (Fsp3) is 0.357. The van der Waals surface area contributed by atoms with Gasteiger partial charge in [-0.1, -0.05) is 6.07 Å². The number of hydrogen-bond acceptors (Lipinski definition) is 4. The number of anilines is 2. The molecule has 18 heavy (non-hydrogen) atoms. The third kappa shape index (κ3) is 1.97. The molecule has 0 saturated heterocycles. The fourth-order valence-corrected chi connectivity index (χ4v) is 3.27. The number of nitrogen functional groups attached to an aromatic ring is 1. The lowest BCUT2D eigenvalue weighted by Crippen LogP contribution is -2.30. The second-order valence-electron chi connectivity index (χ2n) is 4.84. The molecule has 0 amide bonds. The standard InChI is InChI=1S/C14H17N3S/c1-9-10(2)18-14(16-9)17-6-5-11-3-4-13(15)7-12(11)8-17/h3-4,7H,5-6,8,15H2,1-2H3. The average molecular weight is 259 g/mol. The number of aromatic nitrogens is 1. The molecule has 0 saturated carbocycles. The van der Waals surface area contributed by atoms with Crippen LogP contribution in [0.5, 0.6) is 0 Å². The number of aryl methyl sites for hydroxylation is 2. The van der Waals surface area contributed by atoms with E-state index in [1.807, 2.05) is 6.07 Å². The van der Waals surface area contributed by atoms with E-state index >= 15 is 0 Å². The number of hydrogen-bond donors (Lipinski definition) is 1. The maximum atomic E-state index is 5.86. The number of benzene rings is 1. The van der Waals surface area contributed by atoms with Crippen molar-refractivity contribution in [2.24, 2.45) is 0 Å². The Morgan fingerprint density at radius 3 is 2.83 bits per heavy atom. The molecule has 2 aromatic rings.